The monoisotopic (exact) mass is 274 g/mol. The maximum Gasteiger partial charge on any atom is 0.213 e. The van der Waals surface area contributed by atoms with Crippen molar-refractivity contribution in [2.24, 2.45) is 0 Å². The second kappa shape index (κ2) is 6.48. The summed E-state index contributed by atoms with van der Waals surface area (Å²) in [5, 5.41) is 3.23. The summed E-state index contributed by atoms with van der Waals surface area (Å²) in [5.41, 5.74) is 2.57. The Morgan fingerprint density at radius 1 is 1.20 bits per heavy atom. The van der Waals surface area contributed by atoms with Gasteiger partial charge in [0.1, 0.15) is 5.82 Å². The van der Waals surface area contributed by atoms with Crippen LogP contribution in [0.25, 0.3) is 11.1 Å². The molecule has 0 bridgehead atoms. The van der Waals surface area contributed by atoms with Gasteiger partial charge in [0.25, 0.3) is 0 Å². The second-order valence-electron chi connectivity index (χ2n) is 4.93. The Bertz CT molecular complexity index is 584. The highest BCUT2D eigenvalue weighted by Crippen LogP contribution is 2.24. The molecule has 0 atom stereocenters. The van der Waals surface area contributed by atoms with E-state index in [1.165, 1.54) is 6.07 Å². The van der Waals surface area contributed by atoms with Crippen molar-refractivity contribution >= 4 is 0 Å². The van der Waals surface area contributed by atoms with Crippen LogP contribution in [-0.2, 0) is 6.54 Å². The van der Waals surface area contributed by atoms with Crippen molar-refractivity contribution in [3.05, 3.63) is 47.9 Å². The minimum atomic E-state index is -0.192. The topological polar surface area (TPSA) is 34.1 Å². The summed E-state index contributed by atoms with van der Waals surface area (Å²) in [4.78, 5) is 4.07. The lowest BCUT2D eigenvalue weighted by molar-refractivity contribution is 0.398. The van der Waals surface area contributed by atoms with E-state index in [1.54, 1.807) is 19.4 Å². The van der Waals surface area contributed by atoms with Gasteiger partial charge in [-0.15, -0.1) is 0 Å². The SMILES string of the molecule is COc1cc(-c2ccc(F)c(CNC(C)C)c2)ccn1. The van der Waals surface area contributed by atoms with Gasteiger partial charge in [0.05, 0.1) is 7.11 Å². The van der Waals surface area contributed by atoms with Crippen molar-refractivity contribution in [2.75, 3.05) is 7.11 Å². The van der Waals surface area contributed by atoms with Crippen molar-refractivity contribution in [1.82, 2.24) is 10.3 Å². The Morgan fingerprint density at radius 3 is 2.65 bits per heavy atom. The smallest absolute Gasteiger partial charge is 0.213 e. The van der Waals surface area contributed by atoms with E-state index in [4.69, 9.17) is 4.74 Å². The van der Waals surface area contributed by atoms with Gasteiger partial charge < -0.3 is 10.1 Å². The van der Waals surface area contributed by atoms with Gasteiger partial charge in [-0.1, -0.05) is 19.9 Å². The molecule has 2 aromatic rings. The van der Waals surface area contributed by atoms with Crippen LogP contribution in [0.15, 0.2) is 36.5 Å². The molecule has 0 radical (unpaired) electrons. The Kier molecular flexibility index (Phi) is 4.69. The largest absolute Gasteiger partial charge is 0.481 e. The van der Waals surface area contributed by atoms with Gasteiger partial charge in [0, 0.05) is 30.4 Å². The van der Waals surface area contributed by atoms with E-state index < -0.39 is 0 Å². The number of ether oxygens (including phenoxy) is 1. The molecular weight excluding hydrogens is 255 g/mol. The first-order valence-corrected chi connectivity index (χ1v) is 6.62. The number of methoxy groups -OCH3 is 1. The first-order valence-electron chi connectivity index (χ1n) is 6.62. The summed E-state index contributed by atoms with van der Waals surface area (Å²) < 4.78 is 18.9. The van der Waals surface area contributed by atoms with E-state index >= 15 is 0 Å². The van der Waals surface area contributed by atoms with Gasteiger partial charge in [-0.2, -0.15) is 0 Å². The van der Waals surface area contributed by atoms with Crippen LogP contribution < -0.4 is 10.1 Å². The number of pyridine rings is 1. The van der Waals surface area contributed by atoms with Gasteiger partial charge in [-0.3, -0.25) is 0 Å². The molecule has 1 aromatic carbocycles. The second-order valence-corrected chi connectivity index (χ2v) is 4.93. The first kappa shape index (κ1) is 14.5. The van der Waals surface area contributed by atoms with Crippen molar-refractivity contribution < 1.29 is 9.13 Å². The molecule has 0 aliphatic heterocycles. The summed E-state index contributed by atoms with van der Waals surface area (Å²) in [6.45, 7) is 4.59. The molecule has 0 amide bonds. The zero-order chi connectivity index (χ0) is 14.5. The number of benzene rings is 1. The van der Waals surface area contributed by atoms with Crippen LogP contribution in [0.1, 0.15) is 19.4 Å². The van der Waals surface area contributed by atoms with E-state index in [0.717, 1.165) is 11.1 Å². The highest BCUT2D eigenvalue weighted by molar-refractivity contribution is 5.64. The Hall–Kier alpha value is -1.94. The number of halogens is 1. The van der Waals surface area contributed by atoms with Crippen LogP contribution in [0.2, 0.25) is 0 Å². The minimum Gasteiger partial charge on any atom is -0.481 e. The van der Waals surface area contributed by atoms with Gasteiger partial charge in [0.15, 0.2) is 0 Å². The molecule has 2 rings (SSSR count). The van der Waals surface area contributed by atoms with Crippen molar-refractivity contribution in [3.63, 3.8) is 0 Å². The summed E-state index contributed by atoms with van der Waals surface area (Å²) >= 11 is 0. The Morgan fingerprint density at radius 2 is 1.95 bits per heavy atom. The van der Waals surface area contributed by atoms with Crippen LogP contribution in [0.4, 0.5) is 4.39 Å². The van der Waals surface area contributed by atoms with Crippen LogP contribution in [-0.4, -0.2) is 18.1 Å². The molecule has 0 aliphatic rings. The van der Waals surface area contributed by atoms with Crippen molar-refractivity contribution in [1.29, 1.82) is 0 Å². The highest BCUT2D eigenvalue weighted by Gasteiger charge is 2.07. The van der Waals surface area contributed by atoms with Gasteiger partial charge in [-0.25, -0.2) is 9.37 Å². The first-order chi connectivity index (χ1) is 9.60. The molecule has 4 heteroatoms. The summed E-state index contributed by atoms with van der Waals surface area (Å²) in [6, 6.07) is 9.17. The fraction of sp³-hybridized carbons (Fsp3) is 0.312. The van der Waals surface area contributed by atoms with Gasteiger partial charge >= 0.3 is 0 Å². The Labute approximate surface area is 118 Å². The molecule has 0 aliphatic carbocycles. The zero-order valence-electron chi connectivity index (χ0n) is 12.0. The van der Waals surface area contributed by atoms with Crippen molar-refractivity contribution in [2.45, 2.75) is 26.4 Å². The fourth-order valence-electron chi connectivity index (χ4n) is 1.90. The summed E-state index contributed by atoms with van der Waals surface area (Å²) in [6.07, 6.45) is 1.68. The molecule has 3 nitrogen and oxygen atoms in total. The molecule has 1 heterocycles. The van der Waals surface area contributed by atoms with Crippen LogP contribution in [0, 0.1) is 5.82 Å². The number of hydrogen-bond acceptors (Lipinski definition) is 3. The molecule has 1 aromatic heterocycles. The average Bonchev–Trinajstić information content (AvgIpc) is 2.46. The molecule has 106 valence electrons. The lowest BCUT2D eigenvalue weighted by Crippen LogP contribution is -2.22. The Balaban J connectivity index is 2.30. The minimum absolute atomic E-state index is 0.192. The molecule has 0 saturated heterocycles. The van der Waals surface area contributed by atoms with Crippen LogP contribution in [0.5, 0.6) is 5.88 Å². The molecular formula is C16H19FN2O. The summed E-state index contributed by atoms with van der Waals surface area (Å²) in [7, 11) is 1.58. The molecule has 0 spiro atoms. The van der Waals surface area contributed by atoms with E-state index in [9.17, 15) is 4.39 Å². The summed E-state index contributed by atoms with van der Waals surface area (Å²) in [5.74, 6) is 0.358. The van der Waals surface area contributed by atoms with Crippen LogP contribution >= 0.6 is 0 Å². The number of nitrogens with zero attached hydrogens (tertiary/aromatic N) is 1. The molecule has 1 N–H and O–H groups in total. The van der Waals surface area contributed by atoms with E-state index in [2.05, 4.69) is 10.3 Å². The van der Waals surface area contributed by atoms with E-state index in [1.807, 2.05) is 32.0 Å². The quantitative estimate of drug-likeness (QED) is 0.907. The third-order valence-electron chi connectivity index (χ3n) is 3.02. The zero-order valence-corrected chi connectivity index (χ0v) is 12.0. The lowest BCUT2D eigenvalue weighted by Gasteiger charge is -2.11. The highest BCUT2D eigenvalue weighted by atomic mass is 19.1. The maximum absolute atomic E-state index is 13.8. The molecule has 0 unspecified atom stereocenters. The van der Waals surface area contributed by atoms with Crippen LogP contribution in [0.3, 0.4) is 0 Å². The molecule has 20 heavy (non-hydrogen) atoms. The molecule has 0 saturated carbocycles. The number of hydrogen-bond donors (Lipinski definition) is 1. The third-order valence-corrected chi connectivity index (χ3v) is 3.02. The van der Waals surface area contributed by atoms with E-state index in [-0.39, 0.29) is 5.82 Å². The number of aromatic nitrogens is 1. The lowest BCUT2D eigenvalue weighted by atomic mass is 10.0. The third kappa shape index (κ3) is 3.54. The predicted molar refractivity (Wildman–Crippen MR) is 78.2 cm³/mol. The normalized spacial score (nSPS) is 10.8. The van der Waals surface area contributed by atoms with E-state index in [0.29, 0.717) is 24.0 Å². The van der Waals surface area contributed by atoms with Gasteiger partial charge in [-0.05, 0) is 29.3 Å². The average molecular weight is 274 g/mol. The molecule has 0 fully saturated rings. The maximum atomic E-state index is 13.8. The number of nitrogens with one attached hydrogen (secondary N) is 1. The fourth-order valence-corrected chi connectivity index (χ4v) is 1.90. The van der Waals surface area contributed by atoms with Gasteiger partial charge in [0.2, 0.25) is 5.88 Å². The number of rotatable bonds is 5. The standard InChI is InChI=1S/C16H19FN2O/c1-11(2)19-10-14-8-12(4-5-15(14)17)13-6-7-18-16(9-13)20-3/h4-9,11,19H,10H2,1-3H3. The predicted octanol–water partition coefficient (Wildman–Crippen LogP) is 3.39. The van der Waals surface area contributed by atoms with Crippen molar-refractivity contribution in [3.8, 4) is 17.0 Å².